The number of nitrogens with zero attached hydrogens (tertiary/aromatic N) is 2. The van der Waals surface area contributed by atoms with Gasteiger partial charge in [0.1, 0.15) is 0 Å². The summed E-state index contributed by atoms with van der Waals surface area (Å²) in [6.45, 7) is 4.88. The normalized spacial score (nSPS) is 14.6. The average molecular weight is 288 g/mol. The highest BCUT2D eigenvalue weighted by Gasteiger charge is 2.33. The molecular weight excluding hydrogens is 268 g/mol. The molecule has 1 aliphatic carbocycles. The third kappa shape index (κ3) is 4.15. The van der Waals surface area contributed by atoms with Gasteiger partial charge in [-0.05, 0) is 30.9 Å². The van der Waals surface area contributed by atoms with Crippen molar-refractivity contribution >= 4 is 18.0 Å². The first-order chi connectivity index (χ1) is 9.99. The van der Waals surface area contributed by atoms with E-state index in [2.05, 4.69) is 18.8 Å². The van der Waals surface area contributed by atoms with Crippen molar-refractivity contribution in [2.75, 3.05) is 6.54 Å². The van der Waals surface area contributed by atoms with Crippen LogP contribution in [0.4, 0.5) is 0 Å². The predicted molar refractivity (Wildman–Crippen MR) is 79.8 cm³/mol. The van der Waals surface area contributed by atoms with E-state index in [0.717, 1.165) is 18.9 Å². The lowest BCUT2D eigenvalue weighted by molar-refractivity contribution is -0.131. The Labute approximate surface area is 124 Å². The molecule has 1 amide bonds. The summed E-state index contributed by atoms with van der Waals surface area (Å²) in [7, 11) is 0. The zero-order valence-electron chi connectivity index (χ0n) is 12.3. The van der Waals surface area contributed by atoms with Crippen molar-refractivity contribution in [1.29, 1.82) is 0 Å². The second kappa shape index (κ2) is 6.52. The van der Waals surface area contributed by atoms with E-state index in [4.69, 9.17) is 5.11 Å². The van der Waals surface area contributed by atoms with E-state index in [1.54, 1.807) is 12.3 Å². The summed E-state index contributed by atoms with van der Waals surface area (Å²) in [5.74, 6) is -0.688. The minimum absolute atomic E-state index is 0.0429. The lowest BCUT2D eigenvalue weighted by Gasteiger charge is -2.25. The van der Waals surface area contributed by atoms with Crippen LogP contribution in [-0.2, 0) is 4.79 Å². The van der Waals surface area contributed by atoms with Crippen LogP contribution in [0.1, 0.15) is 42.6 Å². The summed E-state index contributed by atoms with van der Waals surface area (Å²) in [4.78, 5) is 29.3. The molecule has 0 aliphatic heterocycles. The second-order valence-electron chi connectivity index (χ2n) is 5.72. The minimum atomic E-state index is -1.04. The zero-order chi connectivity index (χ0) is 15.4. The fourth-order valence-corrected chi connectivity index (χ4v) is 2.23. The molecule has 1 N–H and O–H groups in total. The molecular formula is C16H20N2O3. The summed E-state index contributed by atoms with van der Waals surface area (Å²) in [6.07, 6.45) is 7.62. The Morgan fingerprint density at radius 1 is 1.48 bits per heavy atom. The van der Waals surface area contributed by atoms with E-state index in [1.807, 2.05) is 4.90 Å². The SMILES string of the molecule is CC(C)CN(C(=O)c1ccncc1C=CC(=O)O)C1CC1. The fourth-order valence-electron chi connectivity index (χ4n) is 2.23. The van der Waals surface area contributed by atoms with Gasteiger partial charge in [-0.2, -0.15) is 0 Å². The summed E-state index contributed by atoms with van der Waals surface area (Å²) in [6, 6.07) is 1.98. The van der Waals surface area contributed by atoms with Crippen molar-refractivity contribution in [3.63, 3.8) is 0 Å². The number of aromatic nitrogens is 1. The molecule has 21 heavy (non-hydrogen) atoms. The Bertz CT molecular complexity index is 562. The number of carboxylic acids is 1. The Balaban J connectivity index is 2.27. The van der Waals surface area contributed by atoms with E-state index >= 15 is 0 Å². The first-order valence-corrected chi connectivity index (χ1v) is 7.15. The molecule has 1 fully saturated rings. The van der Waals surface area contributed by atoms with Gasteiger partial charge < -0.3 is 10.0 Å². The Morgan fingerprint density at radius 2 is 2.19 bits per heavy atom. The number of carbonyl (C=O) groups is 2. The number of rotatable bonds is 6. The van der Waals surface area contributed by atoms with Crippen LogP contribution in [-0.4, -0.2) is 39.5 Å². The van der Waals surface area contributed by atoms with Crippen LogP contribution in [0.3, 0.4) is 0 Å². The highest BCUT2D eigenvalue weighted by molar-refractivity contribution is 5.99. The first-order valence-electron chi connectivity index (χ1n) is 7.15. The maximum absolute atomic E-state index is 12.7. The van der Waals surface area contributed by atoms with E-state index < -0.39 is 5.97 Å². The molecule has 0 saturated heterocycles. The molecule has 0 spiro atoms. The van der Waals surface area contributed by atoms with Gasteiger partial charge in [-0.25, -0.2) is 4.79 Å². The lowest BCUT2D eigenvalue weighted by Crippen LogP contribution is -2.36. The highest BCUT2D eigenvalue weighted by atomic mass is 16.4. The third-order valence-corrected chi connectivity index (χ3v) is 3.30. The number of carboxylic acid groups (broad SMARTS) is 1. The van der Waals surface area contributed by atoms with Gasteiger partial charge in [0.25, 0.3) is 5.91 Å². The zero-order valence-corrected chi connectivity index (χ0v) is 12.3. The van der Waals surface area contributed by atoms with Crippen LogP contribution < -0.4 is 0 Å². The predicted octanol–water partition coefficient (Wildman–Crippen LogP) is 2.44. The van der Waals surface area contributed by atoms with Crippen LogP contribution in [0.2, 0.25) is 0 Å². The molecule has 112 valence electrons. The van der Waals surface area contributed by atoms with Crippen molar-refractivity contribution in [2.45, 2.75) is 32.7 Å². The molecule has 2 rings (SSSR count). The fraction of sp³-hybridized carbons (Fsp3) is 0.438. The van der Waals surface area contributed by atoms with Gasteiger partial charge in [-0.15, -0.1) is 0 Å². The van der Waals surface area contributed by atoms with Gasteiger partial charge in [-0.1, -0.05) is 13.8 Å². The smallest absolute Gasteiger partial charge is 0.328 e. The van der Waals surface area contributed by atoms with Crippen molar-refractivity contribution in [3.8, 4) is 0 Å². The van der Waals surface area contributed by atoms with Crippen LogP contribution in [0, 0.1) is 5.92 Å². The van der Waals surface area contributed by atoms with Crippen molar-refractivity contribution in [3.05, 3.63) is 35.7 Å². The lowest BCUT2D eigenvalue weighted by atomic mass is 10.1. The van der Waals surface area contributed by atoms with Crippen molar-refractivity contribution < 1.29 is 14.7 Å². The van der Waals surface area contributed by atoms with Crippen LogP contribution >= 0.6 is 0 Å². The monoisotopic (exact) mass is 288 g/mol. The summed E-state index contributed by atoms with van der Waals surface area (Å²) < 4.78 is 0. The molecule has 0 bridgehead atoms. The summed E-state index contributed by atoms with van der Waals surface area (Å²) in [5.41, 5.74) is 1.05. The highest BCUT2D eigenvalue weighted by Crippen LogP contribution is 2.29. The van der Waals surface area contributed by atoms with Gasteiger partial charge in [0.05, 0.1) is 0 Å². The number of pyridine rings is 1. The number of hydrogen-bond acceptors (Lipinski definition) is 3. The Hall–Kier alpha value is -2.17. The second-order valence-corrected chi connectivity index (χ2v) is 5.72. The molecule has 0 radical (unpaired) electrons. The topological polar surface area (TPSA) is 70.5 Å². The molecule has 5 nitrogen and oxygen atoms in total. The third-order valence-electron chi connectivity index (χ3n) is 3.30. The number of hydrogen-bond donors (Lipinski definition) is 1. The molecule has 1 saturated carbocycles. The van der Waals surface area contributed by atoms with Crippen LogP contribution in [0.5, 0.6) is 0 Å². The molecule has 1 heterocycles. The van der Waals surface area contributed by atoms with E-state index in [1.165, 1.54) is 12.3 Å². The molecule has 1 aromatic rings. The quantitative estimate of drug-likeness (QED) is 0.816. The first kappa shape index (κ1) is 15.2. The van der Waals surface area contributed by atoms with Crippen molar-refractivity contribution in [1.82, 2.24) is 9.88 Å². The number of amides is 1. The standard InChI is InChI=1S/C16H20N2O3/c1-11(2)10-18(13-4-5-13)16(21)14-7-8-17-9-12(14)3-6-15(19)20/h3,6-9,11,13H,4-5,10H2,1-2H3,(H,19,20). The molecule has 0 atom stereocenters. The molecule has 0 aromatic carbocycles. The molecule has 1 aliphatic rings. The number of carbonyl (C=O) groups excluding carboxylic acids is 1. The van der Waals surface area contributed by atoms with Gasteiger partial charge in [-0.3, -0.25) is 9.78 Å². The van der Waals surface area contributed by atoms with Crippen molar-refractivity contribution in [2.24, 2.45) is 5.92 Å². The number of aliphatic carboxylic acids is 1. The van der Waals surface area contributed by atoms with E-state index in [-0.39, 0.29) is 5.91 Å². The maximum Gasteiger partial charge on any atom is 0.328 e. The summed E-state index contributed by atoms with van der Waals surface area (Å²) >= 11 is 0. The van der Waals surface area contributed by atoms with Gasteiger partial charge in [0, 0.05) is 42.2 Å². The largest absolute Gasteiger partial charge is 0.478 e. The van der Waals surface area contributed by atoms with E-state index in [0.29, 0.717) is 29.6 Å². The Kier molecular flexibility index (Phi) is 4.73. The maximum atomic E-state index is 12.7. The van der Waals surface area contributed by atoms with Gasteiger partial charge in [0.15, 0.2) is 0 Å². The van der Waals surface area contributed by atoms with Crippen LogP contribution in [0.15, 0.2) is 24.5 Å². The average Bonchev–Trinajstić information content (AvgIpc) is 3.26. The summed E-state index contributed by atoms with van der Waals surface area (Å²) in [5, 5.41) is 8.73. The molecule has 5 heteroatoms. The minimum Gasteiger partial charge on any atom is -0.478 e. The molecule has 1 aromatic heterocycles. The molecule has 0 unspecified atom stereocenters. The van der Waals surface area contributed by atoms with E-state index in [9.17, 15) is 9.59 Å². The van der Waals surface area contributed by atoms with Gasteiger partial charge >= 0.3 is 5.97 Å². The van der Waals surface area contributed by atoms with Crippen LogP contribution in [0.25, 0.3) is 6.08 Å². The Morgan fingerprint density at radius 3 is 2.76 bits per heavy atom. The van der Waals surface area contributed by atoms with Gasteiger partial charge in [0.2, 0.25) is 0 Å².